The highest BCUT2D eigenvalue weighted by molar-refractivity contribution is 7.99. The van der Waals surface area contributed by atoms with E-state index in [1.54, 1.807) is 11.3 Å². The topological polar surface area (TPSA) is 20.2 Å². The maximum Gasteiger partial charge on any atom is 0.0922 e. The van der Waals surface area contributed by atoms with Gasteiger partial charge in [-0.3, -0.25) is 0 Å². The zero-order valence-electron chi connectivity index (χ0n) is 9.63. The van der Waals surface area contributed by atoms with Crippen LogP contribution < -0.4 is 0 Å². The van der Waals surface area contributed by atoms with Crippen LogP contribution in [-0.2, 0) is 0 Å². The van der Waals surface area contributed by atoms with Gasteiger partial charge in [0, 0.05) is 9.95 Å². The summed E-state index contributed by atoms with van der Waals surface area (Å²) < 4.78 is 1.26. The van der Waals surface area contributed by atoms with Gasteiger partial charge in [0.05, 0.1) is 6.10 Å². The highest BCUT2D eigenvalue weighted by Gasteiger charge is 2.25. The van der Waals surface area contributed by atoms with Crippen molar-refractivity contribution in [2.75, 3.05) is 5.75 Å². The molecule has 0 radical (unpaired) electrons. The first kappa shape index (κ1) is 11.6. The van der Waals surface area contributed by atoms with E-state index in [4.69, 9.17) is 0 Å². The van der Waals surface area contributed by atoms with Gasteiger partial charge in [-0.25, -0.2) is 0 Å². The van der Waals surface area contributed by atoms with Gasteiger partial charge in [-0.15, -0.1) is 11.3 Å². The minimum absolute atomic E-state index is 0.303. The van der Waals surface area contributed by atoms with E-state index in [1.165, 1.54) is 28.7 Å². The van der Waals surface area contributed by atoms with Crippen molar-refractivity contribution in [2.45, 2.75) is 30.6 Å². The number of fused-ring (bicyclic) bond motifs is 1. The monoisotopic (exact) mass is 264 g/mol. The number of hydrogen-bond acceptors (Lipinski definition) is 3. The number of aliphatic hydroxyl groups is 1. The van der Waals surface area contributed by atoms with E-state index >= 15 is 0 Å². The van der Waals surface area contributed by atoms with E-state index in [0.29, 0.717) is 5.25 Å². The van der Waals surface area contributed by atoms with Crippen LogP contribution in [0.5, 0.6) is 0 Å². The van der Waals surface area contributed by atoms with Crippen molar-refractivity contribution >= 4 is 33.2 Å². The highest BCUT2D eigenvalue weighted by atomic mass is 32.2. The Balaban J connectivity index is 1.94. The first-order valence-electron chi connectivity index (χ1n) is 6.12. The Morgan fingerprint density at radius 3 is 3.00 bits per heavy atom. The average molecular weight is 264 g/mol. The van der Waals surface area contributed by atoms with Crippen molar-refractivity contribution in [3.8, 4) is 0 Å². The molecule has 0 aliphatic carbocycles. The maximum atomic E-state index is 10.5. The van der Waals surface area contributed by atoms with Crippen molar-refractivity contribution < 1.29 is 5.11 Å². The molecule has 2 atom stereocenters. The fourth-order valence-corrected chi connectivity index (χ4v) is 4.75. The van der Waals surface area contributed by atoms with Gasteiger partial charge in [-0.1, -0.05) is 24.6 Å². The summed E-state index contributed by atoms with van der Waals surface area (Å²) in [5.41, 5.74) is 1.12. The first-order chi connectivity index (χ1) is 8.36. The second kappa shape index (κ2) is 5.01. The number of thiophene rings is 1. The van der Waals surface area contributed by atoms with Crippen LogP contribution in [0.15, 0.2) is 29.6 Å². The molecule has 1 N–H and O–H groups in total. The molecule has 2 unspecified atom stereocenters. The lowest BCUT2D eigenvalue weighted by atomic mass is 10.0. The molecular weight excluding hydrogens is 248 g/mol. The van der Waals surface area contributed by atoms with Crippen LogP contribution in [-0.4, -0.2) is 16.1 Å². The third kappa shape index (κ3) is 2.24. The molecule has 1 aliphatic rings. The smallest absolute Gasteiger partial charge is 0.0922 e. The van der Waals surface area contributed by atoms with Gasteiger partial charge in [0.15, 0.2) is 0 Å². The van der Waals surface area contributed by atoms with Crippen LogP contribution in [0.4, 0.5) is 0 Å². The Labute approximate surface area is 110 Å². The number of rotatable bonds is 2. The largest absolute Gasteiger partial charge is 0.387 e. The average Bonchev–Trinajstić information content (AvgIpc) is 2.87. The summed E-state index contributed by atoms with van der Waals surface area (Å²) in [6.45, 7) is 0. The van der Waals surface area contributed by atoms with Gasteiger partial charge < -0.3 is 5.11 Å². The van der Waals surface area contributed by atoms with Gasteiger partial charge in [0.1, 0.15) is 0 Å². The molecule has 1 saturated heterocycles. The number of aliphatic hydroxyl groups excluding tert-OH is 1. The van der Waals surface area contributed by atoms with Crippen molar-refractivity contribution in [3.05, 3.63) is 35.2 Å². The Morgan fingerprint density at radius 2 is 2.18 bits per heavy atom. The number of hydrogen-bond donors (Lipinski definition) is 1. The number of thioether (sulfide) groups is 1. The number of benzene rings is 1. The van der Waals surface area contributed by atoms with Crippen molar-refractivity contribution in [2.24, 2.45) is 0 Å². The molecule has 0 spiro atoms. The Hall–Kier alpha value is -0.510. The van der Waals surface area contributed by atoms with E-state index in [1.807, 2.05) is 11.8 Å². The van der Waals surface area contributed by atoms with E-state index in [9.17, 15) is 5.11 Å². The fraction of sp³-hybridized carbons (Fsp3) is 0.429. The minimum Gasteiger partial charge on any atom is -0.387 e. The molecule has 0 amide bonds. The zero-order valence-corrected chi connectivity index (χ0v) is 11.3. The minimum atomic E-state index is -0.303. The van der Waals surface area contributed by atoms with Crippen LogP contribution in [0.2, 0.25) is 0 Å². The van der Waals surface area contributed by atoms with Gasteiger partial charge >= 0.3 is 0 Å². The first-order valence-corrected chi connectivity index (χ1v) is 8.05. The molecule has 0 saturated carbocycles. The van der Waals surface area contributed by atoms with Crippen LogP contribution in [0.1, 0.15) is 30.9 Å². The molecule has 0 bridgehead atoms. The summed E-state index contributed by atoms with van der Waals surface area (Å²) in [6, 6.07) is 8.39. The Kier molecular flexibility index (Phi) is 3.41. The molecule has 1 aliphatic heterocycles. The normalized spacial score (nSPS) is 22.8. The second-order valence-electron chi connectivity index (χ2n) is 4.54. The predicted octanol–water partition coefficient (Wildman–Crippen LogP) is 4.22. The SMILES string of the molecule is OC(c1cccc2ccsc12)C1CCCCS1. The van der Waals surface area contributed by atoms with Gasteiger partial charge in [-0.05, 0) is 41.0 Å². The van der Waals surface area contributed by atoms with E-state index < -0.39 is 0 Å². The van der Waals surface area contributed by atoms with E-state index in [0.717, 1.165) is 12.0 Å². The van der Waals surface area contributed by atoms with Crippen molar-refractivity contribution in [3.63, 3.8) is 0 Å². The van der Waals surface area contributed by atoms with E-state index in [2.05, 4.69) is 29.6 Å². The molecule has 1 fully saturated rings. The predicted molar refractivity (Wildman–Crippen MR) is 76.9 cm³/mol. The van der Waals surface area contributed by atoms with Crippen molar-refractivity contribution in [1.82, 2.24) is 0 Å². The molecule has 1 aromatic carbocycles. The zero-order chi connectivity index (χ0) is 11.7. The lowest BCUT2D eigenvalue weighted by Gasteiger charge is -2.26. The quantitative estimate of drug-likeness (QED) is 0.876. The summed E-state index contributed by atoms with van der Waals surface area (Å²) in [4.78, 5) is 0. The Bertz CT molecular complexity index is 500. The molecule has 17 heavy (non-hydrogen) atoms. The summed E-state index contributed by atoms with van der Waals surface area (Å²) in [5.74, 6) is 1.20. The van der Waals surface area contributed by atoms with Gasteiger partial charge in [-0.2, -0.15) is 11.8 Å². The molecular formula is C14H16OS2. The van der Waals surface area contributed by atoms with Crippen molar-refractivity contribution in [1.29, 1.82) is 0 Å². The molecule has 3 heteroatoms. The van der Waals surface area contributed by atoms with E-state index in [-0.39, 0.29) is 6.10 Å². The molecule has 90 valence electrons. The summed E-state index contributed by atoms with van der Waals surface area (Å²) in [6.07, 6.45) is 3.41. The molecule has 3 rings (SSSR count). The van der Waals surface area contributed by atoms with Crippen LogP contribution in [0.25, 0.3) is 10.1 Å². The van der Waals surface area contributed by atoms with Gasteiger partial charge in [0.25, 0.3) is 0 Å². The van der Waals surface area contributed by atoms with Gasteiger partial charge in [0.2, 0.25) is 0 Å². The third-order valence-electron chi connectivity index (χ3n) is 3.40. The van der Waals surface area contributed by atoms with Crippen LogP contribution in [0.3, 0.4) is 0 Å². The molecule has 2 heterocycles. The third-order valence-corrected chi connectivity index (χ3v) is 5.82. The maximum absolute atomic E-state index is 10.5. The Morgan fingerprint density at radius 1 is 1.24 bits per heavy atom. The standard InChI is InChI=1S/C14H16OS2/c15-13(12-6-1-2-8-16-12)11-5-3-4-10-7-9-17-14(10)11/h3-5,7,9,12-13,15H,1-2,6,8H2. The highest BCUT2D eigenvalue weighted by Crippen LogP contribution is 2.38. The molecule has 2 aromatic rings. The lowest BCUT2D eigenvalue weighted by Crippen LogP contribution is -2.18. The lowest BCUT2D eigenvalue weighted by molar-refractivity contribution is 0.170. The summed E-state index contributed by atoms with van der Waals surface area (Å²) >= 11 is 3.67. The van der Waals surface area contributed by atoms with Crippen LogP contribution >= 0.6 is 23.1 Å². The summed E-state index contributed by atoms with van der Waals surface area (Å²) in [5, 5.41) is 14.3. The summed E-state index contributed by atoms with van der Waals surface area (Å²) in [7, 11) is 0. The molecule has 1 aromatic heterocycles. The second-order valence-corrected chi connectivity index (χ2v) is 6.80. The fourth-order valence-electron chi connectivity index (χ4n) is 2.46. The van der Waals surface area contributed by atoms with Crippen LogP contribution in [0, 0.1) is 0 Å². The molecule has 1 nitrogen and oxygen atoms in total.